The minimum atomic E-state index is -0.524. The highest BCUT2D eigenvalue weighted by Gasteiger charge is 2.07. The molecule has 0 aliphatic rings. The van der Waals surface area contributed by atoms with E-state index in [0.29, 0.717) is 6.54 Å². The molecule has 0 saturated heterocycles. The van der Waals surface area contributed by atoms with Gasteiger partial charge < -0.3 is 15.6 Å². The van der Waals surface area contributed by atoms with E-state index in [1.165, 1.54) is 0 Å². The Balaban J connectivity index is 1.70. The molecule has 0 unspecified atom stereocenters. The van der Waals surface area contributed by atoms with Gasteiger partial charge in [-0.15, -0.1) is 0 Å². The van der Waals surface area contributed by atoms with Crippen molar-refractivity contribution in [3.8, 4) is 0 Å². The Kier molecular flexibility index (Phi) is 4.63. The number of hydrogen-bond acceptors (Lipinski definition) is 4. The summed E-state index contributed by atoms with van der Waals surface area (Å²) in [5.74, 6) is -0.267. The highest BCUT2D eigenvalue weighted by Crippen LogP contribution is 1.98. The number of carbonyl (C=O) groups excluding carboxylic acids is 1. The number of pyridine rings is 1. The van der Waals surface area contributed by atoms with E-state index in [0.717, 1.165) is 25.1 Å². The van der Waals surface area contributed by atoms with Crippen LogP contribution in [0.2, 0.25) is 0 Å². The predicted octanol–water partition coefficient (Wildman–Crippen LogP) is 0.357. The van der Waals surface area contributed by atoms with Crippen molar-refractivity contribution in [1.29, 1.82) is 0 Å². The van der Waals surface area contributed by atoms with Crippen LogP contribution in [0.3, 0.4) is 0 Å². The third kappa shape index (κ3) is 3.89. The molecule has 2 rings (SSSR count). The molecule has 1 radical (unpaired) electrons. The molecular formula is C13H16N5O. The van der Waals surface area contributed by atoms with Gasteiger partial charge in [0, 0.05) is 31.7 Å². The van der Waals surface area contributed by atoms with E-state index >= 15 is 0 Å². The number of aryl methyl sites for hydroxylation is 1. The van der Waals surface area contributed by atoms with Crippen molar-refractivity contribution in [1.82, 2.24) is 19.9 Å². The lowest BCUT2D eigenvalue weighted by Crippen LogP contribution is -2.20. The second-order valence-electron chi connectivity index (χ2n) is 4.14. The Bertz CT molecular complexity index is 523. The topological polar surface area (TPSA) is 85.8 Å². The van der Waals surface area contributed by atoms with Crippen molar-refractivity contribution in [3.63, 3.8) is 0 Å². The zero-order valence-corrected chi connectivity index (χ0v) is 10.5. The van der Waals surface area contributed by atoms with Crippen LogP contribution in [0.5, 0.6) is 0 Å². The molecule has 6 nitrogen and oxygen atoms in total. The van der Waals surface area contributed by atoms with Crippen LogP contribution in [0.4, 0.5) is 0 Å². The number of nitrogens with zero attached hydrogens (tertiary/aromatic N) is 3. The van der Waals surface area contributed by atoms with Gasteiger partial charge >= 0.3 is 0 Å². The molecule has 2 aromatic heterocycles. The quantitative estimate of drug-likeness (QED) is 0.702. The van der Waals surface area contributed by atoms with Gasteiger partial charge in [0.25, 0.3) is 5.91 Å². The second-order valence-corrected chi connectivity index (χ2v) is 4.14. The van der Waals surface area contributed by atoms with Crippen LogP contribution in [0.1, 0.15) is 22.6 Å². The number of carbonyl (C=O) groups is 1. The lowest BCUT2D eigenvalue weighted by atomic mass is 10.3. The van der Waals surface area contributed by atoms with Crippen LogP contribution in [-0.4, -0.2) is 27.0 Å². The molecule has 0 aromatic carbocycles. The summed E-state index contributed by atoms with van der Waals surface area (Å²) in [7, 11) is 0. The fraction of sp³-hybridized carbons (Fsp3) is 0.308. The molecule has 0 aliphatic carbocycles. The van der Waals surface area contributed by atoms with Crippen molar-refractivity contribution in [2.75, 3.05) is 6.54 Å². The largest absolute Gasteiger partial charge is 0.363 e. The fourth-order valence-corrected chi connectivity index (χ4v) is 1.76. The molecule has 2 heterocycles. The summed E-state index contributed by atoms with van der Waals surface area (Å²) in [6.45, 7) is 2.31. The molecule has 0 aliphatic heterocycles. The van der Waals surface area contributed by atoms with Crippen LogP contribution in [0.25, 0.3) is 0 Å². The zero-order valence-electron chi connectivity index (χ0n) is 10.5. The van der Waals surface area contributed by atoms with Crippen LogP contribution in [-0.2, 0) is 13.1 Å². The van der Waals surface area contributed by atoms with E-state index in [4.69, 9.17) is 5.73 Å². The first-order chi connectivity index (χ1) is 9.27. The Hall–Kier alpha value is -2.21. The van der Waals surface area contributed by atoms with Crippen LogP contribution >= 0.6 is 0 Å². The van der Waals surface area contributed by atoms with Crippen molar-refractivity contribution in [2.45, 2.75) is 19.5 Å². The van der Waals surface area contributed by atoms with Gasteiger partial charge in [-0.2, -0.15) is 0 Å². The first-order valence-electron chi connectivity index (χ1n) is 6.10. The van der Waals surface area contributed by atoms with E-state index in [-0.39, 0.29) is 5.82 Å². The van der Waals surface area contributed by atoms with Crippen molar-refractivity contribution in [2.24, 2.45) is 5.73 Å². The molecule has 19 heavy (non-hydrogen) atoms. The first-order valence-corrected chi connectivity index (χ1v) is 6.10. The monoisotopic (exact) mass is 258 g/mol. The van der Waals surface area contributed by atoms with Gasteiger partial charge in [0.15, 0.2) is 5.82 Å². The molecule has 0 saturated carbocycles. The molecule has 0 fully saturated rings. The Morgan fingerprint density at radius 3 is 3.16 bits per heavy atom. The Morgan fingerprint density at radius 1 is 1.53 bits per heavy atom. The van der Waals surface area contributed by atoms with Gasteiger partial charge in [-0.25, -0.2) is 4.98 Å². The average Bonchev–Trinajstić information content (AvgIpc) is 2.88. The van der Waals surface area contributed by atoms with Crippen molar-refractivity contribution in [3.05, 3.63) is 48.3 Å². The molecule has 6 heteroatoms. The van der Waals surface area contributed by atoms with Gasteiger partial charge in [-0.05, 0) is 24.6 Å². The van der Waals surface area contributed by atoms with E-state index in [1.807, 2.05) is 18.3 Å². The average molecular weight is 258 g/mol. The van der Waals surface area contributed by atoms with E-state index < -0.39 is 5.91 Å². The standard InChI is InChI=1S/C13H16N5O/c14-12(19)13-17-6-8-18(13)7-2-5-16-10-11-3-1-4-15-9-11/h1,3-4,8-9,16H,2,5,7,10H2,(H2,14,19). The van der Waals surface area contributed by atoms with Crippen LogP contribution in [0.15, 0.2) is 30.7 Å². The normalized spacial score (nSPS) is 10.5. The lowest BCUT2D eigenvalue weighted by Gasteiger charge is -2.07. The Labute approximate surface area is 111 Å². The number of primary amides is 1. The van der Waals surface area contributed by atoms with E-state index in [9.17, 15) is 4.79 Å². The van der Waals surface area contributed by atoms with Crippen molar-refractivity contribution < 1.29 is 4.79 Å². The third-order valence-electron chi connectivity index (χ3n) is 2.68. The maximum Gasteiger partial charge on any atom is 0.284 e. The smallest absolute Gasteiger partial charge is 0.284 e. The highest BCUT2D eigenvalue weighted by molar-refractivity contribution is 5.89. The maximum atomic E-state index is 11.1. The number of rotatable bonds is 7. The number of imidazole rings is 1. The molecule has 3 N–H and O–H groups in total. The summed E-state index contributed by atoms with van der Waals surface area (Å²) in [5.41, 5.74) is 6.35. The van der Waals surface area contributed by atoms with Crippen molar-refractivity contribution >= 4 is 5.91 Å². The summed E-state index contributed by atoms with van der Waals surface area (Å²) in [6, 6.07) is 3.94. The number of hydrogen-bond donors (Lipinski definition) is 2. The molecule has 99 valence electrons. The van der Waals surface area contributed by atoms with Gasteiger partial charge in [-0.1, -0.05) is 6.07 Å². The molecule has 0 spiro atoms. The lowest BCUT2D eigenvalue weighted by molar-refractivity contribution is 0.0986. The van der Waals surface area contributed by atoms with Crippen LogP contribution < -0.4 is 11.1 Å². The van der Waals surface area contributed by atoms with E-state index in [1.54, 1.807) is 17.0 Å². The maximum absolute atomic E-state index is 11.1. The number of nitrogens with one attached hydrogen (secondary N) is 1. The molecule has 0 atom stereocenters. The third-order valence-corrected chi connectivity index (χ3v) is 2.68. The molecule has 2 aromatic rings. The van der Waals surface area contributed by atoms with Gasteiger partial charge in [0.05, 0.1) is 0 Å². The summed E-state index contributed by atoms with van der Waals surface area (Å²) >= 11 is 0. The first kappa shape index (κ1) is 13.2. The number of nitrogens with two attached hydrogens (primary N) is 1. The molecule has 0 bridgehead atoms. The summed E-state index contributed by atoms with van der Waals surface area (Å²) < 4.78 is 1.72. The molecule has 1 amide bonds. The summed E-state index contributed by atoms with van der Waals surface area (Å²) in [6.07, 6.45) is 8.74. The van der Waals surface area contributed by atoms with Gasteiger partial charge in [0.2, 0.25) is 0 Å². The van der Waals surface area contributed by atoms with Crippen LogP contribution in [0, 0.1) is 6.20 Å². The second kappa shape index (κ2) is 6.65. The minimum absolute atomic E-state index is 0.257. The van der Waals surface area contributed by atoms with Gasteiger partial charge in [-0.3, -0.25) is 9.78 Å². The Morgan fingerprint density at radius 2 is 2.42 bits per heavy atom. The minimum Gasteiger partial charge on any atom is -0.363 e. The predicted molar refractivity (Wildman–Crippen MR) is 70.1 cm³/mol. The summed E-state index contributed by atoms with van der Waals surface area (Å²) in [4.78, 5) is 18.9. The highest BCUT2D eigenvalue weighted by atomic mass is 16.1. The zero-order chi connectivity index (χ0) is 13.5. The van der Waals surface area contributed by atoms with Gasteiger partial charge in [0.1, 0.15) is 6.20 Å². The number of aromatic nitrogens is 3. The fourth-order valence-electron chi connectivity index (χ4n) is 1.76. The van der Waals surface area contributed by atoms with E-state index in [2.05, 4.69) is 21.5 Å². The SMILES string of the molecule is NC(=O)c1n[c]cn1CCCNCc1cccnc1. The number of amides is 1. The molecular weight excluding hydrogens is 242 g/mol. The summed E-state index contributed by atoms with van der Waals surface area (Å²) in [5, 5.41) is 3.31.